The van der Waals surface area contributed by atoms with Gasteiger partial charge in [0.25, 0.3) is 0 Å². The number of halogens is 2. The van der Waals surface area contributed by atoms with Crippen molar-refractivity contribution in [2.24, 2.45) is 0 Å². The number of pyridine rings is 2. The molecule has 1 fully saturated rings. The number of aromatic nitrogens is 8. The third kappa shape index (κ3) is 10.4. The number of rotatable bonds is 15. The molecule has 0 radical (unpaired) electrons. The second-order valence-corrected chi connectivity index (χ2v) is 16.5. The van der Waals surface area contributed by atoms with Crippen LogP contribution in [0.5, 0.6) is 11.5 Å². The minimum Gasteiger partial charge on any atom is -0.494 e. The van der Waals surface area contributed by atoms with Gasteiger partial charge in [-0.25, -0.2) is 28.7 Å². The lowest BCUT2D eigenvalue weighted by Gasteiger charge is -2.23. The van der Waals surface area contributed by atoms with Crippen molar-refractivity contribution in [2.75, 3.05) is 27.4 Å². The van der Waals surface area contributed by atoms with E-state index in [0.29, 0.717) is 84.4 Å². The zero-order chi connectivity index (χ0) is 48.1. The van der Waals surface area contributed by atoms with Gasteiger partial charge in [0, 0.05) is 66.7 Å². The summed E-state index contributed by atoms with van der Waals surface area (Å²) in [5.41, 5.74) is 8.82. The molecule has 19 heteroatoms. The summed E-state index contributed by atoms with van der Waals surface area (Å²) in [4.78, 5) is 43.1. The van der Waals surface area contributed by atoms with Gasteiger partial charge in [-0.15, -0.1) is 0 Å². The highest BCUT2D eigenvalue weighted by molar-refractivity contribution is 5.83. The molecule has 8 aromatic rings. The molecule has 7 heterocycles. The maximum atomic E-state index is 14.2. The summed E-state index contributed by atoms with van der Waals surface area (Å²) >= 11 is 0. The van der Waals surface area contributed by atoms with Crippen LogP contribution in [0.3, 0.4) is 0 Å². The van der Waals surface area contributed by atoms with Crippen molar-refractivity contribution in [3.8, 4) is 33.8 Å². The van der Waals surface area contributed by atoms with Crippen LogP contribution in [0.4, 0.5) is 8.78 Å². The highest BCUT2D eigenvalue weighted by Crippen LogP contribution is 2.31. The fourth-order valence-electron chi connectivity index (χ4n) is 8.53. The fraction of sp³-hybridized carbons (Fsp3) is 0.347. The molecule has 0 saturated carbocycles. The summed E-state index contributed by atoms with van der Waals surface area (Å²) in [6, 6.07) is 13.6. The zero-order valence-electron chi connectivity index (χ0n) is 38.6. The molecule has 2 N–H and O–H groups in total. The number of carboxylic acid groups (broad SMARTS) is 1. The van der Waals surface area contributed by atoms with Gasteiger partial charge < -0.3 is 42.8 Å². The fourth-order valence-corrected chi connectivity index (χ4v) is 8.53. The van der Waals surface area contributed by atoms with Crippen LogP contribution in [-0.4, -0.2) is 89.8 Å². The van der Waals surface area contributed by atoms with Crippen molar-refractivity contribution in [3.63, 3.8) is 0 Å². The maximum absolute atomic E-state index is 14.2. The summed E-state index contributed by atoms with van der Waals surface area (Å²) < 4.78 is 57.6. The Morgan fingerprint density at radius 2 is 1.18 bits per heavy atom. The minimum atomic E-state index is -0.993. The van der Waals surface area contributed by atoms with E-state index >= 15 is 0 Å². The molecule has 1 amide bonds. The number of carboxylic acids is 1. The van der Waals surface area contributed by atoms with E-state index in [2.05, 4.69) is 30.6 Å². The van der Waals surface area contributed by atoms with E-state index < -0.39 is 17.6 Å². The molecule has 2 aromatic carbocycles. The molecule has 9 rings (SSSR count). The first-order valence-corrected chi connectivity index (χ1v) is 22.1. The molecular formula is C49H51F2N9O8. The Hall–Kier alpha value is -7.54. The Morgan fingerprint density at radius 1 is 0.706 bits per heavy atom. The predicted octanol–water partition coefficient (Wildman–Crippen LogP) is 7.65. The molecule has 0 unspecified atom stereocenters. The first-order valence-electron chi connectivity index (χ1n) is 22.1. The van der Waals surface area contributed by atoms with Gasteiger partial charge in [-0.2, -0.15) is 0 Å². The Labute approximate surface area is 389 Å². The van der Waals surface area contributed by atoms with E-state index in [1.165, 1.54) is 26.4 Å². The van der Waals surface area contributed by atoms with E-state index in [1.54, 1.807) is 35.2 Å². The average Bonchev–Trinajstić information content (AvgIpc) is 4.06. The van der Waals surface area contributed by atoms with E-state index in [4.69, 9.17) is 28.2 Å². The first-order chi connectivity index (χ1) is 32.8. The van der Waals surface area contributed by atoms with E-state index in [0.717, 1.165) is 57.6 Å². The smallest absolute Gasteiger partial charge is 0.323 e. The molecule has 0 aliphatic carbocycles. The average molecular weight is 932 g/mol. The zero-order valence-corrected chi connectivity index (χ0v) is 38.6. The summed E-state index contributed by atoms with van der Waals surface area (Å²) in [5.74, 6) is 1.09. The largest absolute Gasteiger partial charge is 0.494 e. The number of carbonyl (C=O) groups excluding carboxylic acids is 1. The second-order valence-electron chi connectivity index (χ2n) is 16.5. The lowest BCUT2D eigenvalue weighted by Crippen LogP contribution is -2.40. The Morgan fingerprint density at radius 3 is 1.59 bits per heavy atom. The molecule has 6 aromatic heterocycles. The molecule has 354 valence electrons. The van der Waals surface area contributed by atoms with Crippen molar-refractivity contribution < 1.29 is 46.7 Å². The highest BCUT2D eigenvalue weighted by atomic mass is 19.1. The number of nitrogens with one attached hydrogen (secondary N) is 1. The van der Waals surface area contributed by atoms with Crippen molar-refractivity contribution in [1.29, 1.82) is 0 Å². The van der Waals surface area contributed by atoms with Crippen LogP contribution in [0.25, 0.3) is 44.6 Å². The molecule has 1 aliphatic rings. The van der Waals surface area contributed by atoms with Crippen LogP contribution < -0.4 is 14.8 Å². The SMILES string of the molecule is COc1ccc(CCc2nc3cc(-c4c(C)noc4C)cnc3n2CC(=O)NC2CCOCC2)cc1F.COc1ccc(CCc2nc3cc(-c4c(C)noc4C)cnc3n2CC(=O)O)cc1F. The number of hydrogen-bond acceptors (Lipinski definition) is 13. The van der Waals surface area contributed by atoms with Gasteiger partial charge >= 0.3 is 5.97 Å². The van der Waals surface area contributed by atoms with Crippen molar-refractivity contribution in [1.82, 2.24) is 44.7 Å². The normalized spacial score (nSPS) is 12.9. The Kier molecular flexibility index (Phi) is 14.2. The number of hydrogen-bond donors (Lipinski definition) is 2. The highest BCUT2D eigenvalue weighted by Gasteiger charge is 2.22. The monoisotopic (exact) mass is 931 g/mol. The molecule has 0 bridgehead atoms. The number of amides is 1. The van der Waals surface area contributed by atoms with E-state index in [-0.39, 0.29) is 36.5 Å². The van der Waals surface area contributed by atoms with Gasteiger partial charge in [-0.1, -0.05) is 22.4 Å². The second kappa shape index (κ2) is 20.5. The third-order valence-electron chi connectivity index (χ3n) is 11.9. The van der Waals surface area contributed by atoms with Gasteiger partial charge in [0.05, 0.1) is 25.6 Å². The lowest BCUT2D eigenvalue weighted by atomic mass is 10.1. The van der Waals surface area contributed by atoms with Gasteiger partial charge in [-0.3, -0.25) is 9.59 Å². The number of nitrogens with zero attached hydrogens (tertiary/aromatic N) is 8. The number of aryl methyl sites for hydroxylation is 8. The number of methoxy groups -OCH3 is 2. The van der Waals surface area contributed by atoms with Crippen molar-refractivity contribution >= 4 is 34.2 Å². The predicted molar refractivity (Wildman–Crippen MR) is 245 cm³/mol. The van der Waals surface area contributed by atoms with Crippen LogP contribution in [0.1, 0.15) is 58.5 Å². The minimum absolute atomic E-state index is 0.0951. The number of benzene rings is 2. The molecule has 68 heavy (non-hydrogen) atoms. The van der Waals surface area contributed by atoms with Crippen LogP contribution in [0.15, 0.2) is 70.0 Å². The van der Waals surface area contributed by atoms with Crippen molar-refractivity contribution in [3.05, 3.63) is 118 Å². The number of ether oxygens (including phenoxy) is 3. The Balaban J connectivity index is 0.000000187. The molecule has 1 aliphatic heterocycles. The summed E-state index contributed by atoms with van der Waals surface area (Å²) in [6.07, 6.45) is 6.98. The number of carbonyl (C=O) groups is 2. The van der Waals surface area contributed by atoms with Gasteiger partial charge in [0.15, 0.2) is 34.4 Å². The van der Waals surface area contributed by atoms with Gasteiger partial charge in [0.1, 0.15) is 47.3 Å². The number of imidazole rings is 2. The standard InChI is InChI=1S/C27H30FN5O4.C22H21FN4O4/c1-16-26(17(2)37-32-16)19-13-22-27(29-14-19)33(15-25(34)30-20-8-10-36-11-9-20)24(31-22)7-5-18-4-6-23(35-3)21(28)12-18;1-12-21(13(2)31-26-12)15-9-17-22(24-10-15)27(11-20(28)29)19(25-17)7-5-14-4-6-18(30-3)16(23)8-14/h4,6,12-14,20H,5,7-11,15H2,1-3H3,(H,30,34);4,6,8-10H,5,7,11H2,1-3H3,(H,28,29). The lowest BCUT2D eigenvalue weighted by molar-refractivity contribution is -0.137. The maximum Gasteiger partial charge on any atom is 0.323 e. The van der Waals surface area contributed by atoms with Gasteiger partial charge in [0.2, 0.25) is 5.91 Å². The molecule has 1 saturated heterocycles. The molecule has 0 spiro atoms. The molecular weight excluding hydrogens is 881 g/mol. The topological polar surface area (TPSA) is 208 Å². The van der Waals surface area contributed by atoms with Gasteiger partial charge in [-0.05, 0) is 101 Å². The van der Waals surface area contributed by atoms with Crippen LogP contribution >= 0.6 is 0 Å². The number of aliphatic carboxylic acids is 1. The van der Waals surface area contributed by atoms with Crippen LogP contribution in [0, 0.1) is 39.3 Å². The van der Waals surface area contributed by atoms with Crippen molar-refractivity contribution in [2.45, 2.75) is 85.4 Å². The van der Waals surface area contributed by atoms with Crippen LogP contribution in [0.2, 0.25) is 0 Å². The van der Waals surface area contributed by atoms with E-state index in [1.807, 2.05) is 50.5 Å². The van der Waals surface area contributed by atoms with E-state index in [9.17, 15) is 23.5 Å². The van der Waals surface area contributed by atoms with Crippen LogP contribution in [-0.2, 0) is 53.1 Å². The quantitative estimate of drug-likeness (QED) is 0.101. The first kappa shape index (κ1) is 47.0. The Bertz CT molecular complexity index is 3080. The number of fused-ring (bicyclic) bond motifs is 2. The molecule has 0 atom stereocenters. The summed E-state index contributed by atoms with van der Waals surface area (Å²) in [5, 5.41) is 20.5. The third-order valence-corrected chi connectivity index (χ3v) is 11.9. The summed E-state index contributed by atoms with van der Waals surface area (Å²) in [7, 11) is 2.85. The molecule has 17 nitrogen and oxygen atoms in total. The summed E-state index contributed by atoms with van der Waals surface area (Å²) in [6.45, 7) is 8.54.